The van der Waals surface area contributed by atoms with Crippen molar-refractivity contribution in [1.82, 2.24) is 20.0 Å². The molecule has 0 aliphatic heterocycles. The third-order valence-corrected chi connectivity index (χ3v) is 7.88. The maximum atomic E-state index is 11.9. The Morgan fingerprint density at radius 1 is 0.925 bits per heavy atom. The lowest BCUT2D eigenvalue weighted by Crippen LogP contribution is -2.08. The number of hydrogen-bond acceptors (Lipinski definition) is 6. The molecule has 1 aliphatic rings. The number of benzene rings is 3. The largest absolute Gasteiger partial charge is 0.461 e. The topological polar surface area (TPSA) is 83.0 Å². The number of carbonyl (C=O) groups excluding carboxylic acids is 1. The number of rotatable bonds is 7. The molecule has 0 spiro atoms. The van der Waals surface area contributed by atoms with E-state index >= 15 is 0 Å². The predicted octanol–water partition coefficient (Wildman–Crippen LogP) is 8.35. The first-order chi connectivity index (χ1) is 19.2. The summed E-state index contributed by atoms with van der Waals surface area (Å²) in [7, 11) is 0. The van der Waals surface area contributed by atoms with E-state index in [1.807, 2.05) is 36.4 Å². The van der Waals surface area contributed by atoms with Gasteiger partial charge in [0.2, 0.25) is 5.89 Å². The Balaban J connectivity index is 1.53. The molecule has 0 bridgehead atoms. The van der Waals surface area contributed by atoms with E-state index in [0.717, 1.165) is 24.0 Å². The molecule has 0 saturated heterocycles. The summed E-state index contributed by atoms with van der Waals surface area (Å²) in [5.74, 6) is 0.225. The Bertz CT molecular complexity index is 1730. The smallest absolute Gasteiger partial charge is 0.302 e. The molecule has 0 atom stereocenters. The minimum atomic E-state index is -0.448. The van der Waals surface area contributed by atoms with E-state index in [0.29, 0.717) is 48.6 Å². The molecule has 1 aliphatic carbocycles. The summed E-state index contributed by atoms with van der Waals surface area (Å²) < 4.78 is 13.4. The molecule has 202 valence electrons. The van der Waals surface area contributed by atoms with Crippen LogP contribution in [0.1, 0.15) is 36.8 Å². The van der Waals surface area contributed by atoms with E-state index in [1.54, 1.807) is 35.0 Å². The maximum Gasteiger partial charge on any atom is 0.302 e. The van der Waals surface area contributed by atoms with Crippen molar-refractivity contribution in [3.8, 4) is 28.5 Å². The van der Waals surface area contributed by atoms with E-state index in [1.165, 1.54) is 6.92 Å². The Morgan fingerprint density at radius 3 is 2.20 bits per heavy atom. The average Bonchev–Trinajstić information content (AvgIpc) is 3.42. The summed E-state index contributed by atoms with van der Waals surface area (Å²) in [5, 5.41) is 15.8. The zero-order valence-electron chi connectivity index (χ0n) is 21.0. The Hall–Kier alpha value is -3.36. The lowest BCUT2D eigenvalue weighted by Gasteiger charge is -2.12. The van der Waals surface area contributed by atoms with Gasteiger partial charge in [0.25, 0.3) is 5.89 Å². The molecular formula is C29H20Cl4N4O3. The molecule has 2 aromatic heterocycles. The molecule has 0 N–H and O–H groups in total. The van der Waals surface area contributed by atoms with Gasteiger partial charge >= 0.3 is 5.97 Å². The minimum Gasteiger partial charge on any atom is -0.461 e. The monoisotopic (exact) mass is 612 g/mol. The highest BCUT2D eigenvalue weighted by atomic mass is 35.5. The fourth-order valence-electron chi connectivity index (χ4n) is 4.70. The first kappa shape index (κ1) is 26.8. The maximum absolute atomic E-state index is 11.9. The molecule has 5 aromatic rings. The van der Waals surface area contributed by atoms with Crippen LogP contribution in [-0.2, 0) is 21.6 Å². The lowest BCUT2D eigenvalue weighted by atomic mass is 9.96. The summed E-state index contributed by atoms with van der Waals surface area (Å²) in [5.41, 5.74) is 3.54. The van der Waals surface area contributed by atoms with Gasteiger partial charge in [-0.15, -0.1) is 10.2 Å². The number of aromatic nitrogens is 4. The van der Waals surface area contributed by atoms with Crippen LogP contribution >= 0.6 is 46.4 Å². The SMILES string of the molecule is CC(=O)OCc1c(-c2nnc(C3(c4ccc(Cl)cc4)CC3)o2)nn(-c2ccc(Cl)cc2Cl)c1-c1ccc(Cl)cc1. The van der Waals surface area contributed by atoms with Crippen LogP contribution in [0.15, 0.2) is 71.1 Å². The van der Waals surface area contributed by atoms with Crippen LogP contribution in [0.4, 0.5) is 0 Å². The number of hydrogen-bond donors (Lipinski definition) is 0. The second kappa shape index (κ2) is 10.6. The van der Waals surface area contributed by atoms with Gasteiger partial charge in [-0.2, -0.15) is 5.10 Å². The number of esters is 1. The van der Waals surface area contributed by atoms with Crippen molar-refractivity contribution in [3.63, 3.8) is 0 Å². The number of carbonyl (C=O) groups is 1. The molecule has 7 nitrogen and oxygen atoms in total. The Labute approximate surface area is 249 Å². The highest BCUT2D eigenvalue weighted by Crippen LogP contribution is 2.53. The molecule has 0 amide bonds. The van der Waals surface area contributed by atoms with E-state index in [-0.39, 0.29) is 17.9 Å². The van der Waals surface area contributed by atoms with Gasteiger partial charge in [-0.3, -0.25) is 4.79 Å². The minimum absolute atomic E-state index is 0.0894. The third-order valence-electron chi connectivity index (χ3n) is 6.84. The molecule has 40 heavy (non-hydrogen) atoms. The van der Waals surface area contributed by atoms with Crippen molar-refractivity contribution >= 4 is 52.4 Å². The molecule has 0 unspecified atom stereocenters. The summed E-state index contributed by atoms with van der Waals surface area (Å²) in [4.78, 5) is 11.9. The summed E-state index contributed by atoms with van der Waals surface area (Å²) >= 11 is 25.1. The second-order valence-corrected chi connectivity index (χ2v) is 11.2. The van der Waals surface area contributed by atoms with Crippen LogP contribution in [-0.4, -0.2) is 25.9 Å². The van der Waals surface area contributed by atoms with E-state index in [4.69, 9.17) is 60.7 Å². The summed E-state index contributed by atoms with van der Waals surface area (Å²) in [6.45, 7) is 1.25. The van der Waals surface area contributed by atoms with Gasteiger partial charge in [0, 0.05) is 33.1 Å². The van der Waals surface area contributed by atoms with E-state index < -0.39 is 5.97 Å². The zero-order chi connectivity index (χ0) is 28.0. The fraction of sp³-hybridized carbons (Fsp3) is 0.172. The van der Waals surface area contributed by atoms with Crippen molar-refractivity contribution in [3.05, 3.63) is 104 Å². The Morgan fingerprint density at radius 2 is 1.57 bits per heavy atom. The molecule has 1 fully saturated rings. The van der Waals surface area contributed by atoms with Gasteiger partial charge < -0.3 is 9.15 Å². The highest BCUT2D eigenvalue weighted by Gasteiger charge is 2.51. The molecule has 6 rings (SSSR count). The van der Waals surface area contributed by atoms with Crippen LogP contribution in [0.25, 0.3) is 28.5 Å². The normalized spacial score (nSPS) is 13.8. The zero-order valence-corrected chi connectivity index (χ0v) is 24.0. The van der Waals surface area contributed by atoms with Crippen molar-refractivity contribution < 1.29 is 13.9 Å². The van der Waals surface area contributed by atoms with Gasteiger partial charge in [0.05, 0.1) is 21.8 Å². The first-order valence-electron chi connectivity index (χ1n) is 12.3. The summed E-state index contributed by atoms with van der Waals surface area (Å²) in [6, 6.07) is 20.0. The highest BCUT2D eigenvalue weighted by molar-refractivity contribution is 6.35. The van der Waals surface area contributed by atoms with Crippen LogP contribution in [0.3, 0.4) is 0 Å². The molecular weight excluding hydrogens is 594 g/mol. The number of halogens is 4. The molecule has 0 radical (unpaired) electrons. The van der Waals surface area contributed by atoms with E-state index in [2.05, 4.69) is 10.2 Å². The van der Waals surface area contributed by atoms with Crippen molar-refractivity contribution in [1.29, 1.82) is 0 Å². The fourth-order valence-corrected chi connectivity index (χ4v) is 5.44. The van der Waals surface area contributed by atoms with Gasteiger partial charge in [0.15, 0.2) is 5.69 Å². The third kappa shape index (κ3) is 4.99. The molecule has 1 saturated carbocycles. The van der Waals surface area contributed by atoms with E-state index in [9.17, 15) is 4.79 Å². The molecule has 11 heteroatoms. The molecule has 3 aromatic carbocycles. The quantitative estimate of drug-likeness (QED) is 0.172. The first-order valence-corrected chi connectivity index (χ1v) is 13.8. The van der Waals surface area contributed by atoms with Crippen molar-refractivity contribution in [2.24, 2.45) is 0 Å². The van der Waals surface area contributed by atoms with Gasteiger partial charge in [0.1, 0.15) is 6.61 Å². The van der Waals surface area contributed by atoms with Gasteiger partial charge in [-0.25, -0.2) is 4.68 Å². The van der Waals surface area contributed by atoms with Crippen molar-refractivity contribution in [2.45, 2.75) is 31.8 Å². The number of ether oxygens (including phenoxy) is 1. The average molecular weight is 614 g/mol. The van der Waals surface area contributed by atoms with Crippen LogP contribution in [0.2, 0.25) is 20.1 Å². The van der Waals surface area contributed by atoms with Crippen LogP contribution < -0.4 is 0 Å². The van der Waals surface area contributed by atoms with Gasteiger partial charge in [-0.05, 0) is 60.9 Å². The van der Waals surface area contributed by atoms with Crippen LogP contribution in [0, 0.1) is 0 Å². The Kier molecular flexibility index (Phi) is 7.09. The second-order valence-electron chi connectivity index (χ2n) is 9.47. The molecule has 2 heterocycles. The standard InChI is InChI=1S/C29H20Cl4N4O3/c1-16(38)39-15-22-25(27-34-35-28(40-27)29(12-13-29)18-4-8-20(31)9-5-18)36-37(24-11-10-21(32)14-23(24)33)26(22)17-2-6-19(30)7-3-17/h2-11,14H,12-13,15H2,1H3. The lowest BCUT2D eigenvalue weighted by molar-refractivity contribution is -0.142. The van der Waals surface area contributed by atoms with Gasteiger partial charge in [-0.1, -0.05) is 70.7 Å². The number of nitrogens with zero attached hydrogens (tertiary/aromatic N) is 4. The van der Waals surface area contributed by atoms with Crippen LogP contribution in [0.5, 0.6) is 0 Å². The predicted molar refractivity (Wildman–Crippen MR) is 154 cm³/mol. The summed E-state index contributed by atoms with van der Waals surface area (Å²) in [6.07, 6.45) is 1.73. The van der Waals surface area contributed by atoms with Crippen molar-refractivity contribution in [2.75, 3.05) is 0 Å².